The lowest BCUT2D eigenvalue weighted by molar-refractivity contribution is -0.138. The SMILES string of the molecule is COc1ccc(/C=C/C(=O)OCCOc2ccccc2F)cc1OC. The van der Waals surface area contributed by atoms with Crippen LogP contribution in [0.3, 0.4) is 0 Å². The van der Waals surface area contributed by atoms with Crippen LogP contribution in [-0.4, -0.2) is 33.4 Å². The number of benzene rings is 2. The van der Waals surface area contributed by atoms with Gasteiger partial charge in [-0.05, 0) is 35.9 Å². The Morgan fingerprint density at radius 3 is 2.48 bits per heavy atom. The molecule has 0 fully saturated rings. The third kappa shape index (κ3) is 5.53. The number of methoxy groups -OCH3 is 2. The van der Waals surface area contributed by atoms with Crippen LogP contribution in [0.5, 0.6) is 17.2 Å². The van der Waals surface area contributed by atoms with E-state index in [0.717, 1.165) is 5.56 Å². The van der Waals surface area contributed by atoms with Gasteiger partial charge in [-0.3, -0.25) is 0 Å². The smallest absolute Gasteiger partial charge is 0.330 e. The van der Waals surface area contributed by atoms with Gasteiger partial charge >= 0.3 is 5.97 Å². The number of carbonyl (C=O) groups is 1. The van der Waals surface area contributed by atoms with Crippen molar-refractivity contribution in [3.63, 3.8) is 0 Å². The lowest BCUT2D eigenvalue weighted by atomic mass is 10.2. The average Bonchev–Trinajstić information content (AvgIpc) is 2.64. The quantitative estimate of drug-likeness (QED) is 0.416. The second-order valence-corrected chi connectivity index (χ2v) is 4.89. The van der Waals surface area contributed by atoms with Crippen molar-refractivity contribution in [1.82, 2.24) is 0 Å². The van der Waals surface area contributed by atoms with E-state index in [4.69, 9.17) is 18.9 Å². The van der Waals surface area contributed by atoms with Gasteiger partial charge in [0.1, 0.15) is 13.2 Å². The Balaban J connectivity index is 1.80. The number of esters is 1. The first kappa shape index (κ1) is 18.3. The molecule has 5 nitrogen and oxygen atoms in total. The van der Waals surface area contributed by atoms with Gasteiger partial charge in [0, 0.05) is 6.08 Å². The van der Waals surface area contributed by atoms with Crippen molar-refractivity contribution < 1.29 is 28.1 Å². The highest BCUT2D eigenvalue weighted by Crippen LogP contribution is 2.27. The van der Waals surface area contributed by atoms with Crippen LogP contribution in [0.1, 0.15) is 5.56 Å². The number of carbonyl (C=O) groups excluding carboxylic acids is 1. The molecule has 0 aliphatic carbocycles. The minimum Gasteiger partial charge on any atom is -0.493 e. The molecule has 0 aromatic heterocycles. The Morgan fingerprint density at radius 2 is 1.76 bits per heavy atom. The summed E-state index contributed by atoms with van der Waals surface area (Å²) in [4.78, 5) is 11.7. The molecule has 0 N–H and O–H groups in total. The Labute approximate surface area is 145 Å². The molecule has 0 radical (unpaired) electrons. The second-order valence-electron chi connectivity index (χ2n) is 4.89. The average molecular weight is 346 g/mol. The van der Waals surface area contributed by atoms with Gasteiger partial charge in [-0.25, -0.2) is 9.18 Å². The van der Waals surface area contributed by atoms with Crippen molar-refractivity contribution in [2.24, 2.45) is 0 Å². The normalized spacial score (nSPS) is 10.5. The second kappa shape index (κ2) is 9.32. The Morgan fingerprint density at radius 1 is 1.00 bits per heavy atom. The molecule has 0 bridgehead atoms. The van der Waals surface area contributed by atoms with Gasteiger partial charge < -0.3 is 18.9 Å². The molecule has 0 atom stereocenters. The van der Waals surface area contributed by atoms with Crippen molar-refractivity contribution in [3.05, 3.63) is 59.9 Å². The molecular weight excluding hydrogens is 327 g/mol. The maximum atomic E-state index is 13.3. The summed E-state index contributed by atoms with van der Waals surface area (Å²) in [5.74, 6) is 0.317. The molecule has 0 saturated heterocycles. The molecule has 6 heteroatoms. The molecular formula is C19H19FO5. The first-order valence-electron chi connectivity index (χ1n) is 7.58. The minimum atomic E-state index is -0.521. The summed E-state index contributed by atoms with van der Waals surface area (Å²) in [6.07, 6.45) is 2.90. The fraction of sp³-hybridized carbons (Fsp3) is 0.211. The third-order valence-electron chi connectivity index (χ3n) is 3.24. The van der Waals surface area contributed by atoms with Gasteiger partial charge in [0.25, 0.3) is 0 Å². The summed E-state index contributed by atoms with van der Waals surface area (Å²) in [6.45, 7) is 0.0836. The fourth-order valence-electron chi connectivity index (χ4n) is 2.02. The highest BCUT2D eigenvalue weighted by Gasteiger charge is 2.04. The topological polar surface area (TPSA) is 54.0 Å². The van der Waals surface area contributed by atoms with Crippen molar-refractivity contribution in [2.45, 2.75) is 0 Å². The molecule has 0 saturated carbocycles. The summed E-state index contributed by atoms with van der Waals surface area (Å²) in [7, 11) is 3.09. The van der Waals surface area contributed by atoms with E-state index < -0.39 is 11.8 Å². The highest BCUT2D eigenvalue weighted by molar-refractivity contribution is 5.87. The Bertz CT molecular complexity index is 742. The Hall–Kier alpha value is -3.02. The highest BCUT2D eigenvalue weighted by atomic mass is 19.1. The van der Waals surface area contributed by atoms with Gasteiger partial charge in [0.2, 0.25) is 0 Å². The molecule has 2 aromatic rings. The fourth-order valence-corrected chi connectivity index (χ4v) is 2.02. The molecule has 2 aromatic carbocycles. The van der Waals surface area contributed by atoms with E-state index >= 15 is 0 Å². The summed E-state index contributed by atoms with van der Waals surface area (Å²) >= 11 is 0. The van der Waals surface area contributed by atoms with Crippen LogP contribution in [-0.2, 0) is 9.53 Å². The minimum absolute atomic E-state index is 0.0173. The third-order valence-corrected chi connectivity index (χ3v) is 3.24. The molecule has 0 heterocycles. The number of halogens is 1. The van der Waals surface area contributed by atoms with Gasteiger partial charge in [-0.15, -0.1) is 0 Å². The largest absolute Gasteiger partial charge is 0.493 e. The van der Waals surface area contributed by atoms with Crippen LogP contribution < -0.4 is 14.2 Å². The molecule has 0 unspecified atom stereocenters. The predicted molar refractivity (Wildman–Crippen MR) is 91.4 cm³/mol. The first-order chi connectivity index (χ1) is 12.1. The molecule has 0 aliphatic rings. The summed E-state index contributed by atoms with van der Waals surface area (Å²) in [5.41, 5.74) is 0.761. The van der Waals surface area contributed by atoms with Crippen LogP contribution in [0.15, 0.2) is 48.5 Å². The van der Waals surface area contributed by atoms with E-state index in [1.165, 1.54) is 25.3 Å². The molecule has 132 valence electrons. The van der Waals surface area contributed by atoms with Gasteiger partial charge in [-0.1, -0.05) is 18.2 Å². The molecule has 0 aliphatic heterocycles. The monoisotopic (exact) mass is 346 g/mol. The van der Waals surface area contributed by atoms with E-state index in [1.54, 1.807) is 43.5 Å². The maximum Gasteiger partial charge on any atom is 0.330 e. The molecule has 25 heavy (non-hydrogen) atoms. The van der Waals surface area contributed by atoms with Crippen LogP contribution in [0.4, 0.5) is 4.39 Å². The number of para-hydroxylation sites is 1. The molecule has 2 rings (SSSR count). The standard InChI is InChI=1S/C19H19FO5/c1-22-17-9-7-14(13-18(17)23-2)8-10-19(21)25-12-11-24-16-6-4-3-5-15(16)20/h3-10,13H,11-12H2,1-2H3/b10-8+. The van der Waals surface area contributed by atoms with Crippen molar-refractivity contribution in [2.75, 3.05) is 27.4 Å². The lowest BCUT2D eigenvalue weighted by Crippen LogP contribution is -2.10. The first-order valence-corrected chi connectivity index (χ1v) is 7.58. The zero-order valence-corrected chi connectivity index (χ0v) is 14.0. The van der Waals surface area contributed by atoms with E-state index in [0.29, 0.717) is 11.5 Å². The van der Waals surface area contributed by atoms with Crippen molar-refractivity contribution in [1.29, 1.82) is 0 Å². The van der Waals surface area contributed by atoms with Crippen molar-refractivity contribution in [3.8, 4) is 17.2 Å². The number of hydrogen-bond donors (Lipinski definition) is 0. The van der Waals surface area contributed by atoms with E-state index in [9.17, 15) is 9.18 Å². The maximum absolute atomic E-state index is 13.3. The van der Waals surface area contributed by atoms with Crippen LogP contribution in [0, 0.1) is 5.82 Å². The summed E-state index contributed by atoms with van der Waals surface area (Å²) in [5, 5.41) is 0. The molecule has 0 spiro atoms. The van der Waals surface area contributed by atoms with Crippen LogP contribution in [0.2, 0.25) is 0 Å². The van der Waals surface area contributed by atoms with Crippen LogP contribution >= 0.6 is 0 Å². The van der Waals surface area contributed by atoms with Gasteiger partial charge in [0.15, 0.2) is 23.1 Å². The molecule has 0 amide bonds. The van der Waals surface area contributed by atoms with E-state index in [2.05, 4.69) is 0 Å². The lowest BCUT2D eigenvalue weighted by Gasteiger charge is -2.08. The zero-order valence-electron chi connectivity index (χ0n) is 14.0. The summed E-state index contributed by atoms with van der Waals surface area (Å²) < 4.78 is 33.9. The van der Waals surface area contributed by atoms with Gasteiger partial charge in [0.05, 0.1) is 14.2 Å². The van der Waals surface area contributed by atoms with Crippen LogP contribution in [0.25, 0.3) is 6.08 Å². The zero-order chi connectivity index (χ0) is 18.1. The van der Waals surface area contributed by atoms with E-state index in [1.807, 2.05) is 0 Å². The van der Waals surface area contributed by atoms with Gasteiger partial charge in [-0.2, -0.15) is 0 Å². The van der Waals surface area contributed by atoms with E-state index in [-0.39, 0.29) is 19.0 Å². The number of rotatable bonds is 8. The number of hydrogen-bond acceptors (Lipinski definition) is 5. The predicted octanol–water partition coefficient (Wildman–Crippen LogP) is 3.48. The number of ether oxygens (including phenoxy) is 4. The summed E-state index contributed by atoms with van der Waals surface area (Å²) in [6, 6.07) is 11.3. The Kier molecular flexibility index (Phi) is 6.83. The van der Waals surface area contributed by atoms with Crippen molar-refractivity contribution >= 4 is 12.0 Å².